The van der Waals surface area contributed by atoms with Crippen molar-refractivity contribution >= 4 is 0 Å². The SMILES string of the molecule is CCCCCCCCOC(O)CCN(C)C. The molecule has 1 unspecified atom stereocenters. The Morgan fingerprint density at radius 1 is 1.06 bits per heavy atom. The minimum absolute atomic E-state index is 0.585. The van der Waals surface area contributed by atoms with Gasteiger partial charge in [-0.2, -0.15) is 0 Å². The lowest BCUT2D eigenvalue weighted by molar-refractivity contribution is -0.106. The van der Waals surface area contributed by atoms with Crippen LogP contribution in [0.25, 0.3) is 0 Å². The Kier molecular flexibility index (Phi) is 11.3. The molecule has 0 rings (SSSR count). The van der Waals surface area contributed by atoms with Crippen LogP contribution < -0.4 is 0 Å². The molecule has 98 valence electrons. The fourth-order valence-corrected chi connectivity index (χ4v) is 1.55. The summed E-state index contributed by atoms with van der Waals surface area (Å²) in [5, 5.41) is 9.49. The van der Waals surface area contributed by atoms with Crippen molar-refractivity contribution in [3.8, 4) is 0 Å². The second-order valence-corrected chi connectivity index (χ2v) is 4.69. The van der Waals surface area contributed by atoms with E-state index in [4.69, 9.17) is 4.74 Å². The minimum atomic E-state index is -0.585. The number of nitrogens with zero attached hydrogens (tertiary/aromatic N) is 1. The van der Waals surface area contributed by atoms with E-state index in [1.54, 1.807) is 0 Å². The van der Waals surface area contributed by atoms with Crippen molar-refractivity contribution < 1.29 is 9.84 Å². The summed E-state index contributed by atoms with van der Waals surface area (Å²) in [6, 6.07) is 0. The van der Waals surface area contributed by atoms with Gasteiger partial charge in [0.15, 0.2) is 6.29 Å². The van der Waals surface area contributed by atoms with Gasteiger partial charge in [0.1, 0.15) is 0 Å². The number of hydrogen-bond acceptors (Lipinski definition) is 3. The van der Waals surface area contributed by atoms with E-state index in [0.717, 1.165) is 13.0 Å². The summed E-state index contributed by atoms with van der Waals surface area (Å²) in [5.41, 5.74) is 0. The molecular weight excluding hydrogens is 202 g/mol. The topological polar surface area (TPSA) is 32.7 Å². The van der Waals surface area contributed by atoms with Gasteiger partial charge in [-0.15, -0.1) is 0 Å². The van der Waals surface area contributed by atoms with Crippen LogP contribution in [0.3, 0.4) is 0 Å². The molecule has 0 aromatic heterocycles. The molecule has 3 heteroatoms. The Labute approximate surface area is 101 Å². The van der Waals surface area contributed by atoms with Crippen molar-refractivity contribution in [1.29, 1.82) is 0 Å². The van der Waals surface area contributed by atoms with Crippen molar-refractivity contribution in [1.82, 2.24) is 4.90 Å². The molecule has 0 fully saturated rings. The Morgan fingerprint density at radius 3 is 2.31 bits per heavy atom. The van der Waals surface area contributed by atoms with Gasteiger partial charge < -0.3 is 14.7 Å². The largest absolute Gasteiger partial charge is 0.368 e. The summed E-state index contributed by atoms with van der Waals surface area (Å²) in [6.07, 6.45) is 7.67. The predicted octanol–water partition coefficient (Wildman–Crippen LogP) is 2.63. The third-order valence-electron chi connectivity index (χ3n) is 2.63. The molecule has 0 aliphatic rings. The van der Waals surface area contributed by atoms with Crippen molar-refractivity contribution in [2.24, 2.45) is 0 Å². The van der Waals surface area contributed by atoms with Gasteiger partial charge in [0, 0.05) is 19.6 Å². The summed E-state index contributed by atoms with van der Waals surface area (Å²) in [7, 11) is 4.00. The number of unbranched alkanes of at least 4 members (excludes halogenated alkanes) is 5. The van der Waals surface area contributed by atoms with Crippen molar-refractivity contribution in [3.05, 3.63) is 0 Å². The molecule has 3 nitrogen and oxygen atoms in total. The van der Waals surface area contributed by atoms with Gasteiger partial charge in [0.25, 0.3) is 0 Å². The third kappa shape index (κ3) is 12.0. The number of rotatable bonds is 11. The Morgan fingerprint density at radius 2 is 1.69 bits per heavy atom. The smallest absolute Gasteiger partial charge is 0.155 e. The number of ether oxygens (including phenoxy) is 1. The lowest BCUT2D eigenvalue weighted by Crippen LogP contribution is -2.21. The minimum Gasteiger partial charge on any atom is -0.368 e. The highest BCUT2D eigenvalue weighted by atomic mass is 16.6. The Bertz CT molecular complexity index is 140. The molecule has 0 heterocycles. The molecule has 1 atom stereocenters. The summed E-state index contributed by atoms with van der Waals surface area (Å²) in [4.78, 5) is 2.05. The van der Waals surface area contributed by atoms with Crippen molar-refractivity contribution in [3.63, 3.8) is 0 Å². The van der Waals surface area contributed by atoms with Crippen molar-refractivity contribution in [2.45, 2.75) is 58.2 Å². The fraction of sp³-hybridized carbons (Fsp3) is 1.00. The van der Waals surface area contributed by atoms with Crippen LogP contribution in [0, 0.1) is 0 Å². The average molecular weight is 231 g/mol. The molecule has 0 bridgehead atoms. The predicted molar refractivity (Wildman–Crippen MR) is 68.5 cm³/mol. The zero-order valence-electron chi connectivity index (χ0n) is 11.2. The first-order chi connectivity index (χ1) is 7.66. The van der Waals surface area contributed by atoms with E-state index in [2.05, 4.69) is 11.8 Å². The van der Waals surface area contributed by atoms with Crippen LogP contribution in [0.2, 0.25) is 0 Å². The molecule has 0 radical (unpaired) electrons. The van der Waals surface area contributed by atoms with Crippen LogP contribution in [-0.4, -0.2) is 43.5 Å². The lowest BCUT2D eigenvalue weighted by atomic mass is 10.1. The normalized spacial score (nSPS) is 13.3. The standard InChI is InChI=1S/C13H29NO2/c1-4-5-6-7-8-9-12-16-13(15)10-11-14(2)3/h13,15H,4-12H2,1-3H3. The van der Waals surface area contributed by atoms with Crippen LogP contribution in [0.4, 0.5) is 0 Å². The zero-order chi connectivity index (χ0) is 12.2. The van der Waals surface area contributed by atoms with Gasteiger partial charge in [-0.3, -0.25) is 0 Å². The van der Waals surface area contributed by atoms with Gasteiger partial charge >= 0.3 is 0 Å². The van der Waals surface area contributed by atoms with Gasteiger partial charge in [0.2, 0.25) is 0 Å². The molecule has 0 saturated heterocycles. The van der Waals surface area contributed by atoms with Gasteiger partial charge in [0.05, 0.1) is 0 Å². The average Bonchev–Trinajstić information content (AvgIpc) is 2.25. The van der Waals surface area contributed by atoms with Gasteiger partial charge in [-0.05, 0) is 20.5 Å². The van der Waals surface area contributed by atoms with Crippen LogP contribution in [0.5, 0.6) is 0 Å². The molecule has 0 saturated carbocycles. The highest BCUT2D eigenvalue weighted by molar-refractivity contribution is 4.48. The molecule has 1 N–H and O–H groups in total. The molecule has 0 aromatic carbocycles. The van der Waals surface area contributed by atoms with Crippen molar-refractivity contribution in [2.75, 3.05) is 27.2 Å². The number of hydrogen-bond donors (Lipinski definition) is 1. The van der Waals surface area contributed by atoms with Crippen LogP contribution in [0.15, 0.2) is 0 Å². The molecule has 0 aliphatic carbocycles. The zero-order valence-corrected chi connectivity index (χ0v) is 11.2. The maximum Gasteiger partial charge on any atom is 0.155 e. The maximum absolute atomic E-state index is 9.49. The maximum atomic E-state index is 9.49. The quantitative estimate of drug-likeness (QED) is 0.438. The molecule has 0 spiro atoms. The highest BCUT2D eigenvalue weighted by Gasteiger charge is 2.03. The fourth-order valence-electron chi connectivity index (χ4n) is 1.55. The highest BCUT2D eigenvalue weighted by Crippen LogP contribution is 2.06. The van der Waals surface area contributed by atoms with Gasteiger partial charge in [-0.1, -0.05) is 39.0 Å². The van der Waals surface area contributed by atoms with E-state index in [1.165, 1.54) is 32.1 Å². The molecule has 0 aromatic rings. The first-order valence-electron chi connectivity index (χ1n) is 6.61. The first-order valence-corrected chi connectivity index (χ1v) is 6.61. The monoisotopic (exact) mass is 231 g/mol. The second-order valence-electron chi connectivity index (χ2n) is 4.69. The molecule has 16 heavy (non-hydrogen) atoms. The van der Waals surface area contributed by atoms with Crippen LogP contribution in [0.1, 0.15) is 51.9 Å². The third-order valence-corrected chi connectivity index (χ3v) is 2.63. The molecular formula is C13H29NO2. The van der Waals surface area contributed by atoms with E-state index in [0.29, 0.717) is 13.0 Å². The molecule has 0 aliphatic heterocycles. The first kappa shape index (κ1) is 15.9. The number of aliphatic hydroxyl groups is 1. The summed E-state index contributed by atoms with van der Waals surface area (Å²) >= 11 is 0. The Hall–Kier alpha value is -0.120. The Balaban J connectivity index is 3.12. The summed E-state index contributed by atoms with van der Waals surface area (Å²) in [5.74, 6) is 0. The van der Waals surface area contributed by atoms with E-state index in [-0.39, 0.29) is 0 Å². The van der Waals surface area contributed by atoms with E-state index < -0.39 is 6.29 Å². The van der Waals surface area contributed by atoms with E-state index >= 15 is 0 Å². The molecule has 0 amide bonds. The number of aliphatic hydroxyl groups excluding tert-OH is 1. The van der Waals surface area contributed by atoms with E-state index in [1.807, 2.05) is 14.1 Å². The van der Waals surface area contributed by atoms with Gasteiger partial charge in [-0.25, -0.2) is 0 Å². The lowest BCUT2D eigenvalue weighted by Gasteiger charge is -2.14. The summed E-state index contributed by atoms with van der Waals surface area (Å²) in [6.45, 7) is 3.79. The van der Waals surface area contributed by atoms with Crippen LogP contribution in [-0.2, 0) is 4.74 Å². The summed E-state index contributed by atoms with van der Waals surface area (Å²) < 4.78 is 5.33. The second kappa shape index (κ2) is 11.4. The van der Waals surface area contributed by atoms with E-state index in [9.17, 15) is 5.11 Å². The van der Waals surface area contributed by atoms with Crippen LogP contribution >= 0.6 is 0 Å².